The van der Waals surface area contributed by atoms with Crippen LogP contribution in [0.25, 0.3) is 10.2 Å². The van der Waals surface area contributed by atoms with Crippen molar-refractivity contribution in [3.63, 3.8) is 0 Å². The smallest absolute Gasteiger partial charge is 0.260 e. The second kappa shape index (κ2) is 13.1. The minimum atomic E-state index is -3.55. The van der Waals surface area contributed by atoms with Gasteiger partial charge in [-0.25, -0.2) is 13.4 Å². The van der Waals surface area contributed by atoms with E-state index < -0.39 is 10.0 Å². The van der Waals surface area contributed by atoms with Gasteiger partial charge in [0.25, 0.3) is 5.91 Å². The number of hydrogen-bond donors (Lipinski definition) is 0. The number of rotatable bonds is 8. The molecule has 0 unspecified atom stereocenters. The van der Waals surface area contributed by atoms with Crippen LogP contribution in [0.15, 0.2) is 52.3 Å². The first-order valence-corrected chi connectivity index (χ1v) is 16.1. The normalized spacial score (nSPS) is 17.3. The van der Waals surface area contributed by atoms with Crippen LogP contribution in [-0.2, 0) is 14.8 Å². The third-order valence-electron chi connectivity index (χ3n) is 6.86. The molecule has 2 aromatic carbocycles. The van der Waals surface area contributed by atoms with E-state index in [1.807, 2.05) is 24.5 Å². The van der Waals surface area contributed by atoms with Crippen molar-refractivity contribution in [2.24, 2.45) is 0 Å². The van der Waals surface area contributed by atoms with Crippen LogP contribution in [-0.4, -0.2) is 87.3 Å². The first-order chi connectivity index (χ1) is 18.0. The van der Waals surface area contributed by atoms with E-state index in [4.69, 9.17) is 9.72 Å². The molecule has 206 valence electrons. The molecule has 38 heavy (non-hydrogen) atoms. The van der Waals surface area contributed by atoms with E-state index in [2.05, 4.69) is 4.90 Å². The number of benzene rings is 2. The van der Waals surface area contributed by atoms with E-state index >= 15 is 0 Å². The molecule has 0 radical (unpaired) electrons. The molecule has 1 aromatic heterocycles. The molecule has 1 amide bonds. The number of sulfonamides is 1. The van der Waals surface area contributed by atoms with Crippen molar-refractivity contribution in [1.82, 2.24) is 14.2 Å². The molecule has 8 nitrogen and oxygen atoms in total. The Morgan fingerprint density at radius 1 is 1.05 bits per heavy atom. The predicted octanol–water partition coefficient (Wildman–Crippen LogP) is 4.59. The monoisotopic (exact) mass is 596 g/mol. The van der Waals surface area contributed by atoms with Crippen molar-refractivity contribution in [2.75, 3.05) is 63.6 Å². The van der Waals surface area contributed by atoms with Crippen molar-refractivity contribution in [1.29, 1.82) is 0 Å². The Hall–Kier alpha value is -1.73. The number of nitrogens with zero attached hydrogens (tertiary/aromatic N) is 4. The van der Waals surface area contributed by atoms with Gasteiger partial charge in [0, 0.05) is 49.7 Å². The average molecular weight is 597 g/mol. The first kappa shape index (κ1) is 29.3. The van der Waals surface area contributed by atoms with Crippen LogP contribution in [0, 0.1) is 0 Å². The lowest BCUT2D eigenvalue weighted by atomic mass is 10.2. The van der Waals surface area contributed by atoms with Gasteiger partial charge in [0.1, 0.15) is 0 Å². The molecule has 0 N–H and O–H groups in total. The number of morpholine rings is 1. The van der Waals surface area contributed by atoms with Gasteiger partial charge in [-0.05, 0) is 55.5 Å². The van der Waals surface area contributed by atoms with Gasteiger partial charge in [0.15, 0.2) is 5.13 Å². The standard InChI is InChI=1S/C26H32N4O4S3.ClH/c1-35-22-6-5-7-23-24(22)27-26(36-23)30(15-14-28-16-18-34-19-17-28)25(31)20-8-10-21(11-9-20)37(32,33)29-12-3-2-4-13-29;/h5-11H,2-4,12-19H2,1H3;1H. The Balaban J connectivity index is 0.00000336. The topological polar surface area (TPSA) is 83.0 Å². The molecule has 0 saturated carbocycles. The zero-order valence-corrected chi connectivity index (χ0v) is 24.6. The van der Waals surface area contributed by atoms with Crippen LogP contribution in [0.2, 0.25) is 0 Å². The highest BCUT2D eigenvalue weighted by molar-refractivity contribution is 7.98. The molecule has 0 bridgehead atoms. The van der Waals surface area contributed by atoms with Crippen molar-refractivity contribution >= 4 is 66.8 Å². The molecule has 0 aliphatic carbocycles. The molecule has 5 rings (SSSR count). The summed E-state index contributed by atoms with van der Waals surface area (Å²) in [5, 5.41) is 0.653. The minimum Gasteiger partial charge on any atom is -0.379 e. The Bertz CT molecular complexity index is 1340. The van der Waals surface area contributed by atoms with Gasteiger partial charge in [-0.1, -0.05) is 23.8 Å². The van der Waals surface area contributed by atoms with E-state index in [1.54, 1.807) is 45.2 Å². The number of halogens is 1. The molecule has 3 aromatic rings. The number of fused-ring (bicyclic) bond motifs is 1. The second-order valence-corrected chi connectivity index (χ2v) is 13.0. The largest absolute Gasteiger partial charge is 0.379 e. The van der Waals surface area contributed by atoms with Crippen LogP contribution >= 0.6 is 35.5 Å². The van der Waals surface area contributed by atoms with E-state index in [9.17, 15) is 13.2 Å². The van der Waals surface area contributed by atoms with Crippen LogP contribution in [0.3, 0.4) is 0 Å². The number of para-hydroxylation sites is 1. The Kier molecular flexibility index (Phi) is 10.1. The molecular formula is C26H33ClN4O4S3. The van der Waals surface area contributed by atoms with Gasteiger partial charge in [0.05, 0.1) is 28.3 Å². The van der Waals surface area contributed by atoms with Gasteiger partial charge < -0.3 is 4.74 Å². The molecule has 0 atom stereocenters. The summed E-state index contributed by atoms with van der Waals surface area (Å²) in [6, 6.07) is 12.4. The maximum atomic E-state index is 13.8. The number of anilines is 1. The highest BCUT2D eigenvalue weighted by Crippen LogP contribution is 2.34. The number of thioether (sulfide) groups is 1. The predicted molar refractivity (Wildman–Crippen MR) is 157 cm³/mol. The third kappa shape index (κ3) is 6.35. The molecule has 2 aliphatic heterocycles. The fraction of sp³-hybridized carbons (Fsp3) is 0.462. The van der Waals surface area contributed by atoms with Gasteiger partial charge >= 0.3 is 0 Å². The van der Waals surface area contributed by atoms with Gasteiger partial charge in [-0.2, -0.15) is 4.31 Å². The lowest BCUT2D eigenvalue weighted by Crippen LogP contribution is -2.43. The summed E-state index contributed by atoms with van der Waals surface area (Å²) in [4.78, 5) is 24.0. The molecule has 2 saturated heterocycles. The van der Waals surface area contributed by atoms with E-state index in [-0.39, 0.29) is 23.2 Å². The highest BCUT2D eigenvalue weighted by Gasteiger charge is 2.27. The Morgan fingerprint density at radius 3 is 2.45 bits per heavy atom. The quantitative estimate of drug-likeness (QED) is 0.352. The minimum absolute atomic E-state index is 0. The van der Waals surface area contributed by atoms with E-state index in [0.29, 0.717) is 50.1 Å². The maximum Gasteiger partial charge on any atom is 0.260 e. The summed E-state index contributed by atoms with van der Waals surface area (Å²) >= 11 is 3.14. The van der Waals surface area contributed by atoms with Crippen molar-refractivity contribution in [3.05, 3.63) is 48.0 Å². The number of piperidine rings is 1. The first-order valence-electron chi connectivity index (χ1n) is 12.6. The van der Waals surface area contributed by atoms with Gasteiger partial charge in [0.2, 0.25) is 10.0 Å². The number of carbonyl (C=O) groups is 1. The summed E-state index contributed by atoms with van der Waals surface area (Å²) in [6.45, 7) is 5.35. The summed E-state index contributed by atoms with van der Waals surface area (Å²) in [5.74, 6) is -0.181. The van der Waals surface area contributed by atoms with Gasteiger partial charge in [-0.15, -0.1) is 24.2 Å². The second-order valence-electron chi connectivity index (χ2n) is 9.20. The van der Waals surface area contributed by atoms with Crippen molar-refractivity contribution in [2.45, 2.75) is 29.1 Å². The van der Waals surface area contributed by atoms with E-state index in [1.165, 1.54) is 11.3 Å². The van der Waals surface area contributed by atoms with E-state index in [0.717, 1.165) is 47.5 Å². The van der Waals surface area contributed by atoms with Crippen molar-refractivity contribution in [3.8, 4) is 0 Å². The Labute approximate surface area is 238 Å². The van der Waals surface area contributed by atoms with Gasteiger partial charge in [-0.3, -0.25) is 14.6 Å². The fourth-order valence-corrected chi connectivity index (χ4v) is 7.88. The van der Waals surface area contributed by atoms with Crippen LogP contribution in [0.4, 0.5) is 5.13 Å². The number of ether oxygens (including phenoxy) is 1. The molecule has 2 aliphatic rings. The van der Waals surface area contributed by atoms with Crippen LogP contribution in [0.1, 0.15) is 29.6 Å². The number of amides is 1. The molecule has 12 heteroatoms. The molecule has 3 heterocycles. The number of carbonyl (C=O) groups excluding carboxylic acids is 1. The maximum absolute atomic E-state index is 13.8. The lowest BCUT2D eigenvalue weighted by molar-refractivity contribution is 0.0391. The summed E-state index contributed by atoms with van der Waals surface area (Å²) < 4.78 is 34.2. The average Bonchev–Trinajstić information content (AvgIpc) is 3.38. The Morgan fingerprint density at radius 2 is 1.76 bits per heavy atom. The highest BCUT2D eigenvalue weighted by atomic mass is 35.5. The molecule has 0 spiro atoms. The summed E-state index contributed by atoms with van der Waals surface area (Å²) in [5.41, 5.74) is 1.35. The zero-order chi connectivity index (χ0) is 25.8. The number of aromatic nitrogens is 1. The lowest BCUT2D eigenvalue weighted by Gasteiger charge is -2.29. The van der Waals surface area contributed by atoms with Crippen molar-refractivity contribution < 1.29 is 17.9 Å². The number of hydrogen-bond acceptors (Lipinski definition) is 8. The molecule has 2 fully saturated rings. The summed E-state index contributed by atoms with van der Waals surface area (Å²) in [7, 11) is -3.55. The third-order valence-corrected chi connectivity index (χ3v) is 10.6. The van der Waals surface area contributed by atoms with Crippen LogP contribution in [0.5, 0.6) is 0 Å². The number of thiazole rings is 1. The molecular weight excluding hydrogens is 564 g/mol. The SMILES string of the molecule is CSc1cccc2sc(N(CCN3CCOCC3)C(=O)c3ccc(S(=O)(=O)N4CCCCC4)cc3)nc12.Cl. The zero-order valence-electron chi connectivity index (χ0n) is 21.4. The fourth-order valence-electron chi connectivity index (χ4n) is 4.72. The summed E-state index contributed by atoms with van der Waals surface area (Å²) in [6.07, 6.45) is 4.85. The van der Waals surface area contributed by atoms with Crippen LogP contribution < -0.4 is 4.90 Å².